The minimum absolute atomic E-state index is 0.295. The topological polar surface area (TPSA) is 40.7 Å². The van der Waals surface area contributed by atoms with Crippen LogP contribution in [-0.4, -0.2) is 16.5 Å². The average molecular weight is 283 g/mol. The van der Waals surface area contributed by atoms with Gasteiger partial charge in [0.2, 0.25) is 0 Å². The predicted octanol–water partition coefficient (Wildman–Crippen LogP) is 4.21. The molecule has 2 unspecified atom stereocenters. The van der Waals surface area contributed by atoms with Crippen molar-refractivity contribution in [1.82, 2.24) is 15.3 Å². The van der Waals surface area contributed by atoms with Gasteiger partial charge in [-0.3, -0.25) is 0 Å². The van der Waals surface area contributed by atoms with E-state index in [1.807, 2.05) is 6.07 Å². The third kappa shape index (κ3) is 3.35. The SMILES string of the molecule is CC(C)C(NCC1CC=CCC1)c1nc2ccccc2[nH]1. The molecule has 2 atom stereocenters. The number of imidazole rings is 1. The van der Waals surface area contributed by atoms with E-state index >= 15 is 0 Å². The maximum absolute atomic E-state index is 4.77. The lowest BCUT2D eigenvalue weighted by atomic mass is 9.93. The molecular weight excluding hydrogens is 258 g/mol. The van der Waals surface area contributed by atoms with E-state index in [1.54, 1.807) is 0 Å². The number of allylic oxidation sites excluding steroid dienone is 2. The Morgan fingerprint density at radius 3 is 2.86 bits per heavy atom. The number of hydrogen-bond acceptors (Lipinski definition) is 2. The van der Waals surface area contributed by atoms with Crippen LogP contribution in [0.5, 0.6) is 0 Å². The molecule has 0 spiro atoms. The van der Waals surface area contributed by atoms with Crippen LogP contribution in [0.25, 0.3) is 11.0 Å². The molecule has 1 aliphatic carbocycles. The van der Waals surface area contributed by atoms with Gasteiger partial charge in [-0.05, 0) is 49.8 Å². The van der Waals surface area contributed by atoms with Crippen LogP contribution in [0, 0.1) is 11.8 Å². The Balaban J connectivity index is 1.72. The van der Waals surface area contributed by atoms with Gasteiger partial charge in [0.05, 0.1) is 17.1 Å². The lowest BCUT2D eigenvalue weighted by Crippen LogP contribution is -2.31. The van der Waals surface area contributed by atoms with Crippen molar-refractivity contribution in [3.05, 3.63) is 42.2 Å². The van der Waals surface area contributed by atoms with Crippen molar-refractivity contribution < 1.29 is 0 Å². The first-order chi connectivity index (χ1) is 10.2. The quantitative estimate of drug-likeness (QED) is 0.807. The molecule has 0 bridgehead atoms. The van der Waals surface area contributed by atoms with Crippen molar-refractivity contribution in [3.63, 3.8) is 0 Å². The van der Waals surface area contributed by atoms with E-state index in [2.05, 4.69) is 54.5 Å². The first-order valence-electron chi connectivity index (χ1n) is 8.07. The van der Waals surface area contributed by atoms with Crippen molar-refractivity contribution in [2.45, 2.75) is 39.2 Å². The summed E-state index contributed by atoms with van der Waals surface area (Å²) in [4.78, 5) is 8.24. The highest BCUT2D eigenvalue weighted by Crippen LogP contribution is 2.24. The van der Waals surface area contributed by atoms with Gasteiger partial charge in [0.25, 0.3) is 0 Å². The molecule has 0 aliphatic heterocycles. The summed E-state index contributed by atoms with van der Waals surface area (Å²) in [5, 5.41) is 3.74. The molecule has 3 heteroatoms. The van der Waals surface area contributed by atoms with Crippen LogP contribution in [0.3, 0.4) is 0 Å². The maximum Gasteiger partial charge on any atom is 0.124 e. The fraction of sp³-hybridized carbons (Fsp3) is 0.500. The predicted molar refractivity (Wildman–Crippen MR) is 88.2 cm³/mol. The second-order valence-corrected chi connectivity index (χ2v) is 6.42. The molecule has 1 heterocycles. The Labute approximate surface area is 126 Å². The molecule has 1 aromatic carbocycles. The minimum atomic E-state index is 0.295. The third-order valence-corrected chi connectivity index (χ3v) is 4.37. The van der Waals surface area contributed by atoms with Gasteiger partial charge >= 0.3 is 0 Å². The van der Waals surface area contributed by atoms with E-state index in [9.17, 15) is 0 Å². The van der Waals surface area contributed by atoms with Crippen LogP contribution in [-0.2, 0) is 0 Å². The molecule has 112 valence electrons. The van der Waals surface area contributed by atoms with E-state index in [1.165, 1.54) is 19.3 Å². The molecule has 2 N–H and O–H groups in total. The molecule has 0 amide bonds. The van der Waals surface area contributed by atoms with Gasteiger partial charge in [0.15, 0.2) is 0 Å². The first kappa shape index (κ1) is 14.3. The molecule has 0 saturated carbocycles. The van der Waals surface area contributed by atoms with Gasteiger partial charge in [0.1, 0.15) is 5.82 Å². The van der Waals surface area contributed by atoms with E-state index in [4.69, 9.17) is 4.98 Å². The summed E-state index contributed by atoms with van der Waals surface area (Å²) in [7, 11) is 0. The molecule has 0 saturated heterocycles. The molecule has 21 heavy (non-hydrogen) atoms. The maximum atomic E-state index is 4.77. The van der Waals surface area contributed by atoms with E-state index in [-0.39, 0.29) is 0 Å². The molecule has 0 radical (unpaired) electrons. The number of benzene rings is 1. The number of hydrogen-bond donors (Lipinski definition) is 2. The Morgan fingerprint density at radius 2 is 2.14 bits per heavy atom. The lowest BCUT2D eigenvalue weighted by molar-refractivity contribution is 0.347. The smallest absolute Gasteiger partial charge is 0.124 e. The van der Waals surface area contributed by atoms with Gasteiger partial charge in [0, 0.05) is 0 Å². The van der Waals surface area contributed by atoms with Crippen molar-refractivity contribution >= 4 is 11.0 Å². The van der Waals surface area contributed by atoms with Crippen LogP contribution in [0.15, 0.2) is 36.4 Å². The van der Waals surface area contributed by atoms with E-state index in [0.29, 0.717) is 12.0 Å². The molecule has 1 aromatic heterocycles. The summed E-state index contributed by atoms with van der Waals surface area (Å²) < 4.78 is 0. The average Bonchev–Trinajstić information content (AvgIpc) is 2.91. The van der Waals surface area contributed by atoms with Gasteiger partial charge in [-0.25, -0.2) is 4.98 Å². The van der Waals surface area contributed by atoms with Crippen LogP contribution >= 0.6 is 0 Å². The molecule has 3 rings (SSSR count). The van der Waals surface area contributed by atoms with Crippen molar-refractivity contribution in [1.29, 1.82) is 0 Å². The minimum Gasteiger partial charge on any atom is -0.341 e. The highest BCUT2D eigenvalue weighted by Gasteiger charge is 2.20. The third-order valence-electron chi connectivity index (χ3n) is 4.37. The molecular formula is C18H25N3. The van der Waals surface area contributed by atoms with Gasteiger partial charge in [-0.15, -0.1) is 0 Å². The van der Waals surface area contributed by atoms with Gasteiger partial charge < -0.3 is 10.3 Å². The number of aromatic nitrogens is 2. The summed E-state index contributed by atoms with van der Waals surface area (Å²) in [6.45, 7) is 5.58. The zero-order valence-corrected chi connectivity index (χ0v) is 13.0. The van der Waals surface area contributed by atoms with Crippen molar-refractivity contribution in [3.8, 4) is 0 Å². The van der Waals surface area contributed by atoms with Crippen molar-refractivity contribution in [2.75, 3.05) is 6.54 Å². The highest BCUT2D eigenvalue weighted by atomic mass is 15.0. The van der Waals surface area contributed by atoms with Crippen LogP contribution in [0.4, 0.5) is 0 Å². The Morgan fingerprint density at radius 1 is 1.29 bits per heavy atom. The van der Waals surface area contributed by atoms with Crippen LogP contribution < -0.4 is 5.32 Å². The zero-order chi connectivity index (χ0) is 14.7. The number of H-pyrrole nitrogens is 1. The first-order valence-corrected chi connectivity index (χ1v) is 8.07. The van der Waals surface area contributed by atoms with Gasteiger partial charge in [-0.1, -0.05) is 38.1 Å². The number of aromatic amines is 1. The van der Waals surface area contributed by atoms with Gasteiger partial charge in [-0.2, -0.15) is 0 Å². The Kier molecular flexibility index (Phi) is 4.39. The Bertz CT molecular complexity index is 579. The number of para-hydroxylation sites is 2. The van der Waals surface area contributed by atoms with Crippen LogP contribution in [0.1, 0.15) is 45.0 Å². The molecule has 3 nitrogen and oxygen atoms in total. The molecule has 1 aliphatic rings. The highest BCUT2D eigenvalue weighted by molar-refractivity contribution is 5.74. The molecule has 2 aromatic rings. The second-order valence-electron chi connectivity index (χ2n) is 6.42. The van der Waals surface area contributed by atoms with Crippen LogP contribution in [0.2, 0.25) is 0 Å². The van der Waals surface area contributed by atoms with E-state index in [0.717, 1.165) is 29.3 Å². The summed E-state index contributed by atoms with van der Waals surface area (Å²) >= 11 is 0. The normalized spacial score (nSPS) is 20.2. The van der Waals surface area contributed by atoms with E-state index < -0.39 is 0 Å². The zero-order valence-electron chi connectivity index (χ0n) is 13.0. The Hall–Kier alpha value is -1.61. The largest absolute Gasteiger partial charge is 0.341 e. The fourth-order valence-corrected chi connectivity index (χ4v) is 3.10. The summed E-state index contributed by atoms with van der Waals surface area (Å²) in [5.74, 6) is 2.35. The number of rotatable bonds is 5. The second kappa shape index (κ2) is 6.44. The lowest BCUT2D eigenvalue weighted by Gasteiger charge is -2.25. The summed E-state index contributed by atoms with van der Waals surface area (Å²) in [6.07, 6.45) is 8.35. The molecule has 0 fully saturated rings. The van der Waals surface area contributed by atoms with Crippen molar-refractivity contribution in [2.24, 2.45) is 11.8 Å². The summed E-state index contributed by atoms with van der Waals surface area (Å²) in [5.41, 5.74) is 2.18. The fourth-order valence-electron chi connectivity index (χ4n) is 3.10. The summed E-state index contributed by atoms with van der Waals surface area (Å²) in [6, 6.07) is 8.55. The number of nitrogens with zero attached hydrogens (tertiary/aromatic N) is 1. The monoisotopic (exact) mass is 283 g/mol. The standard InChI is InChI=1S/C18H25N3/c1-13(2)17(19-12-14-8-4-3-5-9-14)18-20-15-10-6-7-11-16(15)21-18/h3-4,6-7,10-11,13-14,17,19H,5,8-9,12H2,1-2H3,(H,20,21). The number of nitrogens with one attached hydrogen (secondary N) is 2. The number of fused-ring (bicyclic) bond motifs is 1.